The van der Waals surface area contributed by atoms with E-state index in [-0.39, 0.29) is 17.5 Å². The van der Waals surface area contributed by atoms with E-state index < -0.39 is 15.1 Å². The van der Waals surface area contributed by atoms with Gasteiger partial charge in [0.25, 0.3) is 0 Å². The van der Waals surface area contributed by atoms with Gasteiger partial charge in [0.05, 0.1) is 5.75 Å². The fraction of sp³-hybridized carbons (Fsp3) is 0.357. The van der Waals surface area contributed by atoms with Crippen LogP contribution in [0.15, 0.2) is 36.4 Å². The van der Waals surface area contributed by atoms with Crippen LogP contribution in [0.3, 0.4) is 0 Å². The molecule has 18 heavy (non-hydrogen) atoms. The second kappa shape index (κ2) is 4.05. The van der Waals surface area contributed by atoms with Crippen molar-refractivity contribution in [1.82, 2.24) is 0 Å². The van der Waals surface area contributed by atoms with Crippen molar-refractivity contribution in [3.8, 4) is 0 Å². The molecule has 94 valence electrons. The number of carbonyl (C=O) groups is 1. The second-order valence-corrected chi connectivity index (χ2v) is 7.22. The van der Waals surface area contributed by atoms with E-state index in [1.165, 1.54) is 6.08 Å². The number of ketones is 1. The summed E-state index contributed by atoms with van der Waals surface area (Å²) in [7, 11) is -3.20. The Labute approximate surface area is 106 Å². The average molecular weight is 262 g/mol. The number of sulfone groups is 1. The zero-order valence-electron chi connectivity index (χ0n) is 9.87. The van der Waals surface area contributed by atoms with E-state index in [2.05, 4.69) is 0 Å². The Balaban J connectivity index is 1.99. The minimum atomic E-state index is -3.20. The molecule has 0 amide bonds. The number of benzene rings is 1. The molecule has 2 unspecified atom stereocenters. The van der Waals surface area contributed by atoms with Crippen LogP contribution in [0.5, 0.6) is 0 Å². The van der Waals surface area contributed by atoms with E-state index in [9.17, 15) is 13.2 Å². The van der Waals surface area contributed by atoms with Crippen LogP contribution < -0.4 is 0 Å². The van der Waals surface area contributed by atoms with Crippen LogP contribution in [0.1, 0.15) is 18.4 Å². The smallest absolute Gasteiger partial charge is 0.174 e. The summed E-state index contributed by atoms with van der Waals surface area (Å²) in [5.41, 5.74) is 1.99. The average Bonchev–Trinajstić information content (AvgIpc) is 2.67. The van der Waals surface area contributed by atoms with Gasteiger partial charge in [0.15, 0.2) is 15.6 Å². The molecule has 3 rings (SSSR count). The Morgan fingerprint density at radius 2 is 1.83 bits per heavy atom. The predicted octanol–water partition coefficient (Wildman–Crippen LogP) is 1.85. The third-order valence-electron chi connectivity index (χ3n) is 3.81. The van der Waals surface area contributed by atoms with Gasteiger partial charge in [-0.15, -0.1) is 0 Å². The Morgan fingerprint density at radius 1 is 1.11 bits per heavy atom. The molecule has 0 spiro atoms. The molecular weight excluding hydrogens is 248 g/mol. The Bertz CT molecular complexity index is 614. The van der Waals surface area contributed by atoms with Crippen molar-refractivity contribution in [3.63, 3.8) is 0 Å². The summed E-state index contributed by atoms with van der Waals surface area (Å²) in [4.78, 5) is 12.0. The van der Waals surface area contributed by atoms with Gasteiger partial charge in [-0.2, -0.15) is 0 Å². The molecule has 2 aliphatic rings. The molecule has 1 aromatic carbocycles. The highest BCUT2D eigenvalue weighted by Crippen LogP contribution is 2.39. The Kier molecular flexibility index (Phi) is 2.63. The highest BCUT2D eigenvalue weighted by atomic mass is 32.2. The first kappa shape index (κ1) is 11.7. The van der Waals surface area contributed by atoms with E-state index in [4.69, 9.17) is 0 Å². The monoisotopic (exact) mass is 262 g/mol. The van der Waals surface area contributed by atoms with Crippen LogP contribution >= 0.6 is 0 Å². The fourth-order valence-corrected chi connectivity index (χ4v) is 5.08. The fourth-order valence-electron chi connectivity index (χ4n) is 2.95. The number of carbonyl (C=O) groups excluding carboxylic acids is 1. The lowest BCUT2D eigenvalue weighted by Gasteiger charge is -2.23. The molecule has 0 radical (unpaired) electrons. The molecule has 0 bridgehead atoms. The summed E-state index contributed by atoms with van der Waals surface area (Å²) >= 11 is 0. The third kappa shape index (κ3) is 1.81. The summed E-state index contributed by atoms with van der Waals surface area (Å²) < 4.78 is 23.6. The summed E-state index contributed by atoms with van der Waals surface area (Å²) in [6.45, 7) is 0. The number of hydrogen-bond acceptors (Lipinski definition) is 3. The number of hydrogen-bond donors (Lipinski definition) is 0. The van der Waals surface area contributed by atoms with E-state index in [1.807, 2.05) is 30.3 Å². The van der Waals surface area contributed by atoms with Crippen LogP contribution in [0.4, 0.5) is 0 Å². The molecule has 1 aliphatic heterocycles. The van der Waals surface area contributed by atoms with E-state index >= 15 is 0 Å². The first-order valence-corrected chi connectivity index (χ1v) is 7.81. The minimum Gasteiger partial charge on any atom is -0.293 e. The van der Waals surface area contributed by atoms with Crippen molar-refractivity contribution < 1.29 is 13.2 Å². The standard InChI is InChI=1S/C14H14O3S/c15-13-9-12(10-4-2-1-3-5-10)8-11-6-7-18(16,17)14(11)13/h1-5,9,11,14H,6-8H2. The van der Waals surface area contributed by atoms with Crippen LogP contribution in [-0.2, 0) is 14.6 Å². The maximum absolute atomic E-state index is 12.0. The summed E-state index contributed by atoms with van der Waals surface area (Å²) in [5.74, 6) is -0.102. The largest absolute Gasteiger partial charge is 0.293 e. The van der Waals surface area contributed by atoms with Gasteiger partial charge in [-0.3, -0.25) is 4.79 Å². The number of allylic oxidation sites excluding steroid dienone is 2. The molecule has 1 saturated heterocycles. The molecule has 1 aliphatic carbocycles. The summed E-state index contributed by atoms with van der Waals surface area (Å²) in [5, 5.41) is -0.773. The molecule has 2 atom stereocenters. The third-order valence-corrected chi connectivity index (χ3v) is 6.01. The van der Waals surface area contributed by atoms with Gasteiger partial charge in [0.1, 0.15) is 5.25 Å². The molecule has 1 fully saturated rings. The van der Waals surface area contributed by atoms with E-state index in [0.29, 0.717) is 12.8 Å². The van der Waals surface area contributed by atoms with Crippen LogP contribution in [-0.4, -0.2) is 25.2 Å². The van der Waals surface area contributed by atoms with Gasteiger partial charge in [-0.25, -0.2) is 8.42 Å². The lowest BCUT2D eigenvalue weighted by atomic mass is 9.83. The van der Waals surface area contributed by atoms with Gasteiger partial charge in [0, 0.05) is 0 Å². The number of rotatable bonds is 1. The molecule has 0 saturated carbocycles. The van der Waals surface area contributed by atoms with Crippen molar-refractivity contribution in [2.75, 3.05) is 5.75 Å². The van der Waals surface area contributed by atoms with Gasteiger partial charge in [0.2, 0.25) is 0 Å². The second-order valence-electron chi connectivity index (χ2n) is 4.98. The molecule has 3 nitrogen and oxygen atoms in total. The topological polar surface area (TPSA) is 51.2 Å². The van der Waals surface area contributed by atoms with Crippen molar-refractivity contribution in [2.24, 2.45) is 5.92 Å². The first-order valence-electron chi connectivity index (χ1n) is 6.09. The summed E-state index contributed by atoms with van der Waals surface area (Å²) in [6, 6.07) is 9.71. The lowest BCUT2D eigenvalue weighted by molar-refractivity contribution is -0.115. The highest BCUT2D eigenvalue weighted by Gasteiger charge is 2.46. The van der Waals surface area contributed by atoms with Gasteiger partial charge in [-0.1, -0.05) is 30.3 Å². The summed E-state index contributed by atoms with van der Waals surface area (Å²) in [6.07, 6.45) is 2.84. The Morgan fingerprint density at radius 3 is 2.56 bits per heavy atom. The van der Waals surface area contributed by atoms with Crippen molar-refractivity contribution in [1.29, 1.82) is 0 Å². The quantitative estimate of drug-likeness (QED) is 0.776. The van der Waals surface area contributed by atoms with Crippen LogP contribution in [0, 0.1) is 5.92 Å². The lowest BCUT2D eigenvalue weighted by Crippen LogP contribution is -2.33. The number of fused-ring (bicyclic) bond motifs is 1. The zero-order chi connectivity index (χ0) is 12.8. The van der Waals surface area contributed by atoms with Gasteiger partial charge < -0.3 is 0 Å². The normalized spacial score (nSPS) is 29.8. The van der Waals surface area contributed by atoms with E-state index in [1.54, 1.807) is 0 Å². The molecule has 1 aromatic rings. The first-order chi connectivity index (χ1) is 8.58. The molecule has 4 heteroatoms. The van der Waals surface area contributed by atoms with Crippen LogP contribution in [0.2, 0.25) is 0 Å². The van der Waals surface area contributed by atoms with Crippen molar-refractivity contribution in [2.45, 2.75) is 18.1 Å². The molecule has 1 heterocycles. The van der Waals surface area contributed by atoms with Crippen molar-refractivity contribution in [3.05, 3.63) is 42.0 Å². The molecular formula is C14H14O3S. The Hall–Kier alpha value is -1.42. The molecule has 0 aromatic heterocycles. The van der Waals surface area contributed by atoms with Gasteiger partial charge in [-0.05, 0) is 36.0 Å². The predicted molar refractivity (Wildman–Crippen MR) is 69.7 cm³/mol. The highest BCUT2D eigenvalue weighted by molar-refractivity contribution is 7.93. The SMILES string of the molecule is O=C1C=C(c2ccccc2)CC2CCS(=O)(=O)C12. The minimum absolute atomic E-state index is 0.0253. The zero-order valence-corrected chi connectivity index (χ0v) is 10.7. The van der Waals surface area contributed by atoms with E-state index in [0.717, 1.165) is 11.1 Å². The maximum atomic E-state index is 12.0. The maximum Gasteiger partial charge on any atom is 0.174 e. The van der Waals surface area contributed by atoms with Crippen molar-refractivity contribution >= 4 is 21.2 Å². The molecule has 0 N–H and O–H groups in total. The van der Waals surface area contributed by atoms with Crippen LogP contribution in [0.25, 0.3) is 5.57 Å². The van der Waals surface area contributed by atoms with Gasteiger partial charge >= 0.3 is 0 Å².